The van der Waals surface area contributed by atoms with Gasteiger partial charge in [-0.1, -0.05) is 49.7 Å². The van der Waals surface area contributed by atoms with Gasteiger partial charge in [-0.15, -0.1) is 0 Å². The summed E-state index contributed by atoms with van der Waals surface area (Å²) in [6, 6.07) is 15.3. The molecule has 0 radical (unpaired) electrons. The van der Waals surface area contributed by atoms with Crippen LogP contribution in [-0.4, -0.2) is 55.8 Å². The quantitative estimate of drug-likeness (QED) is 0.674. The van der Waals surface area contributed by atoms with Crippen LogP contribution in [0.25, 0.3) is 0 Å². The first-order valence-electron chi connectivity index (χ1n) is 12.1. The number of piperazine rings is 1. The van der Waals surface area contributed by atoms with Gasteiger partial charge in [-0.2, -0.15) is 4.31 Å². The summed E-state index contributed by atoms with van der Waals surface area (Å²) in [5.41, 5.74) is 3.70. The summed E-state index contributed by atoms with van der Waals surface area (Å²) < 4.78 is 27.7. The lowest BCUT2D eigenvalue weighted by atomic mass is 9.87. The van der Waals surface area contributed by atoms with E-state index in [0.29, 0.717) is 31.1 Å². The number of carbonyl (C=O) groups excluding carboxylic acids is 1. The average Bonchev–Trinajstić information content (AvgIpc) is 2.84. The van der Waals surface area contributed by atoms with E-state index in [0.717, 1.165) is 37.7 Å². The summed E-state index contributed by atoms with van der Waals surface area (Å²) in [7, 11) is -3.51. The van der Waals surface area contributed by atoms with E-state index < -0.39 is 10.0 Å². The van der Waals surface area contributed by atoms with Gasteiger partial charge in [0.05, 0.1) is 17.0 Å². The third-order valence-electron chi connectivity index (χ3n) is 6.99. The van der Waals surface area contributed by atoms with Crippen LogP contribution in [0.5, 0.6) is 0 Å². The molecule has 4 rings (SSSR count). The van der Waals surface area contributed by atoms with Crippen LogP contribution in [-0.2, 0) is 27.7 Å². The number of carbonyl (C=O) groups is 1. The van der Waals surface area contributed by atoms with Crippen LogP contribution in [0.15, 0.2) is 53.4 Å². The molecule has 6 nitrogen and oxygen atoms in total. The molecule has 7 heteroatoms. The van der Waals surface area contributed by atoms with Crippen LogP contribution in [0.1, 0.15) is 55.8 Å². The fourth-order valence-electron chi connectivity index (χ4n) is 4.96. The zero-order valence-corrected chi connectivity index (χ0v) is 20.5. The molecule has 1 N–H and O–H groups in total. The van der Waals surface area contributed by atoms with Crippen molar-refractivity contribution in [2.75, 3.05) is 26.2 Å². The molecule has 0 saturated carbocycles. The molecule has 1 heterocycles. The summed E-state index contributed by atoms with van der Waals surface area (Å²) in [4.78, 5) is 15.4. The lowest BCUT2D eigenvalue weighted by Crippen LogP contribution is -2.55. The van der Waals surface area contributed by atoms with Crippen LogP contribution in [0.3, 0.4) is 0 Å². The molecule has 2 atom stereocenters. The number of fused-ring (bicyclic) bond motifs is 1. The Balaban J connectivity index is 1.34. The number of amides is 1. The fourth-order valence-corrected chi connectivity index (χ4v) is 6.38. The van der Waals surface area contributed by atoms with Gasteiger partial charge in [0.1, 0.15) is 0 Å². The summed E-state index contributed by atoms with van der Waals surface area (Å²) >= 11 is 0. The van der Waals surface area contributed by atoms with Crippen molar-refractivity contribution in [2.45, 2.75) is 62.9 Å². The highest BCUT2D eigenvalue weighted by molar-refractivity contribution is 7.89. The molecule has 0 bridgehead atoms. The lowest BCUT2D eigenvalue weighted by Gasteiger charge is -2.37. The molecule has 1 amide bonds. The van der Waals surface area contributed by atoms with Crippen molar-refractivity contribution in [1.82, 2.24) is 14.5 Å². The van der Waals surface area contributed by atoms with Gasteiger partial charge in [0.15, 0.2) is 0 Å². The molecule has 1 saturated heterocycles. The largest absolute Gasteiger partial charge is 0.348 e. The highest BCUT2D eigenvalue weighted by atomic mass is 32.2. The van der Waals surface area contributed by atoms with Gasteiger partial charge >= 0.3 is 0 Å². The summed E-state index contributed by atoms with van der Waals surface area (Å²) in [6.45, 7) is 5.90. The molecule has 2 aliphatic rings. The Kier molecular flexibility index (Phi) is 7.51. The maximum atomic E-state index is 13.1. The Morgan fingerprint density at radius 2 is 1.76 bits per heavy atom. The third-order valence-corrected chi connectivity index (χ3v) is 8.90. The van der Waals surface area contributed by atoms with E-state index in [9.17, 15) is 13.2 Å². The second kappa shape index (κ2) is 10.4. The monoisotopic (exact) mass is 469 g/mol. The molecule has 2 aromatic rings. The molecule has 178 valence electrons. The molecule has 0 aromatic heterocycles. The van der Waals surface area contributed by atoms with Gasteiger partial charge < -0.3 is 5.32 Å². The second-order valence-electron chi connectivity index (χ2n) is 9.16. The van der Waals surface area contributed by atoms with Crippen molar-refractivity contribution in [3.63, 3.8) is 0 Å². The minimum atomic E-state index is -3.51. The molecule has 33 heavy (non-hydrogen) atoms. The van der Waals surface area contributed by atoms with Gasteiger partial charge in [-0.3, -0.25) is 9.69 Å². The minimum Gasteiger partial charge on any atom is -0.348 e. The van der Waals surface area contributed by atoms with Crippen LogP contribution in [0, 0.1) is 0 Å². The highest BCUT2D eigenvalue weighted by Gasteiger charge is 2.32. The number of nitrogens with zero attached hydrogens (tertiary/aromatic N) is 2. The van der Waals surface area contributed by atoms with Crippen LogP contribution < -0.4 is 5.32 Å². The van der Waals surface area contributed by atoms with Crippen molar-refractivity contribution in [3.05, 3.63) is 65.2 Å². The van der Waals surface area contributed by atoms with Gasteiger partial charge in [-0.25, -0.2) is 8.42 Å². The van der Waals surface area contributed by atoms with Gasteiger partial charge in [0.25, 0.3) is 0 Å². The Bertz CT molecular complexity index is 1060. The van der Waals surface area contributed by atoms with Crippen LogP contribution in [0.4, 0.5) is 0 Å². The smallest absolute Gasteiger partial charge is 0.243 e. The van der Waals surface area contributed by atoms with E-state index in [1.165, 1.54) is 11.1 Å². The molecular weight excluding hydrogens is 434 g/mol. The number of aryl methyl sites for hydroxylation is 2. The van der Waals surface area contributed by atoms with E-state index >= 15 is 0 Å². The summed E-state index contributed by atoms with van der Waals surface area (Å²) in [5.74, 6) is 0.0134. The summed E-state index contributed by atoms with van der Waals surface area (Å²) in [6.07, 6.45) is 5.08. The zero-order chi connectivity index (χ0) is 23.4. The average molecular weight is 470 g/mol. The Hall–Kier alpha value is -2.22. The zero-order valence-electron chi connectivity index (χ0n) is 19.7. The lowest BCUT2D eigenvalue weighted by molar-refractivity contribution is -0.127. The minimum absolute atomic E-state index is 0.0134. The standard InChI is InChI=1S/C26H35N3O3S/c1-3-7-21-12-14-23(15-13-21)33(31,32)29-18-16-28(17-19-29)20(2)26(30)27-25-11-6-9-22-8-4-5-10-24(22)25/h4-5,8,10,12-15,20,25H,3,6-7,9,11,16-19H2,1-2H3,(H,27,30)/t20-,25+/m1/s1. The van der Waals surface area contributed by atoms with Crippen LogP contribution in [0.2, 0.25) is 0 Å². The number of nitrogens with one attached hydrogen (secondary N) is 1. The number of sulfonamides is 1. The number of hydrogen-bond acceptors (Lipinski definition) is 4. The molecule has 1 fully saturated rings. The van der Waals surface area contributed by atoms with E-state index in [4.69, 9.17) is 0 Å². The first-order chi connectivity index (χ1) is 15.9. The van der Waals surface area contributed by atoms with Crippen molar-refractivity contribution < 1.29 is 13.2 Å². The third kappa shape index (κ3) is 5.31. The topological polar surface area (TPSA) is 69.7 Å². The number of hydrogen-bond donors (Lipinski definition) is 1. The van der Waals surface area contributed by atoms with Gasteiger partial charge in [-0.05, 0) is 61.4 Å². The maximum absolute atomic E-state index is 13.1. The predicted molar refractivity (Wildman–Crippen MR) is 130 cm³/mol. The van der Waals surface area contributed by atoms with Crippen molar-refractivity contribution in [1.29, 1.82) is 0 Å². The molecule has 2 aromatic carbocycles. The van der Waals surface area contributed by atoms with E-state index in [-0.39, 0.29) is 18.0 Å². The highest BCUT2D eigenvalue weighted by Crippen LogP contribution is 2.29. The van der Waals surface area contributed by atoms with Crippen molar-refractivity contribution in [2.24, 2.45) is 0 Å². The molecule has 0 spiro atoms. The van der Waals surface area contributed by atoms with Crippen molar-refractivity contribution >= 4 is 15.9 Å². The normalized spacial score (nSPS) is 20.7. The fraction of sp³-hybridized carbons (Fsp3) is 0.500. The first-order valence-corrected chi connectivity index (χ1v) is 13.6. The Morgan fingerprint density at radius 1 is 1.06 bits per heavy atom. The summed E-state index contributed by atoms with van der Waals surface area (Å²) in [5, 5.41) is 3.24. The van der Waals surface area contributed by atoms with Crippen LogP contribution >= 0.6 is 0 Å². The Morgan fingerprint density at radius 3 is 2.45 bits per heavy atom. The van der Waals surface area contributed by atoms with E-state index in [2.05, 4.69) is 35.3 Å². The molecule has 1 aliphatic heterocycles. The maximum Gasteiger partial charge on any atom is 0.243 e. The SMILES string of the molecule is CCCc1ccc(S(=O)(=O)N2CCN([C@H](C)C(=O)N[C@H]3CCCc4ccccc43)CC2)cc1. The van der Waals surface area contributed by atoms with E-state index in [1.54, 1.807) is 16.4 Å². The van der Waals surface area contributed by atoms with Gasteiger partial charge in [0, 0.05) is 26.2 Å². The number of benzene rings is 2. The first kappa shape index (κ1) is 23.9. The second-order valence-corrected chi connectivity index (χ2v) is 11.1. The Labute approximate surface area is 198 Å². The van der Waals surface area contributed by atoms with E-state index in [1.807, 2.05) is 25.1 Å². The van der Waals surface area contributed by atoms with Crippen molar-refractivity contribution in [3.8, 4) is 0 Å². The predicted octanol–water partition coefficient (Wildman–Crippen LogP) is 3.53. The molecular formula is C26H35N3O3S. The molecule has 0 unspecified atom stereocenters. The molecule has 1 aliphatic carbocycles. The number of rotatable bonds is 7. The van der Waals surface area contributed by atoms with Gasteiger partial charge in [0.2, 0.25) is 15.9 Å².